The minimum atomic E-state index is -0.298. The van der Waals surface area contributed by atoms with E-state index in [2.05, 4.69) is 55.8 Å². The molecule has 0 spiro atoms. The molecule has 0 amide bonds. The number of fused-ring (bicyclic) bond motifs is 1. The van der Waals surface area contributed by atoms with E-state index in [9.17, 15) is 4.39 Å². The van der Waals surface area contributed by atoms with E-state index < -0.39 is 0 Å². The van der Waals surface area contributed by atoms with Gasteiger partial charge in [-0.1, -0.05) is 29.8 Å². The van der Waals surface area contributed by atoms with Crippen molar-refractivity contribution in [3.8, 4) is 16.9 Å². The number of aromatic nitrogens is 3. The summed E-state index contributed by atoms with van der Waals surface area (Å²) in [5.41, 5.74) is 4.55. The fraction of sp³-hybridized carbons (Fsp3) is 0.143. The SMILES string of the molecule is CNCCn1ccc(-c2ccc3ncnc(Nc4ccc(OCc5cccc(F)c5)c(Cl)c4)c3c2)c1. The molecule has 5 rings (SSSR count). The summed E-state index contributed by atoms with van der Waals surface area (Å²) in [5, 5.41) is 7.87. The fourth-order valence-electron chi connectivity index (χ4n) is 3.95. The number of hydrogen-bond donors (Lipinski definition) is 2. The van der Waals surface area contributed by atoms with Gasteiger partial charge in [0.05, 0.1) is 10.5 Å². The fourth-order valence-corrected chi connectivity index (χ4v) is 4.18. The molecule has 0 saturated carbocycles. The first kappa shape index (κ1) is 23.8. The monoisotopic (exact) mass is 501 g/mol. The Kier molecular flexibility index (Phi) is 7.11. The lowest BCUT2D eigenvalue weighted by atomic mass is 10.1. The number of ether oxygens (including phenoxy) is 1. The van der Waals surface area contributed by atoms with Gasteiger partial charge in [0.2, 0.25) is 0 Å². The summed E-state index contributed by atoms with van der Waals surface area (Å²) in [6.07, 6.45) is 5.76. The second-order valence-electron chi connectivity index (χ2n) is 8.38. The van der Waals surface area contributed by atoms with Gasteiger partial charge in [-0.05, 0) is 72.3 Å². The molecule has 5 aromatic rings. The maximum atomic E-state index is 13.4. The van der Waals surface area contributed by atoms with Crippen molar-refractivity contribution in [2.75, 3.05) is 18.9 Å². The molecule has 0 aliphatic rings. The van der Waals surface area contributed by atoms with E-state index in [1.54, 1.807) is 24.3 Å². The summed E-state index contributed by atoms with van der Waals surface area (Å²) in [6, 6.07) is 20.0. The highest BCUT2D eigenvalue weighted by atomic mass is 35.5. The molecular weight excluding hydrogens is 477 g/mol. The number of halogens is 2. The second-order valence-corrected chi connectivity index (χ2v) is 8.79. The van der Waals surface area contributed by atoms with Crippen molar-refractivity contribution in [2.45, 2.75) is 13.2 Å². The van der Waals surface area contributed by atoms with Gasteiger partial charge < -0.3 is 19.9 Å². The van der Waals surface area contributed by atoms with Crippen molar-refractivity contribution in [1.82, 2.24) is 19.9 Å². The summed E-state index contributed by atoms with van der Waals surface area (Å²) >= 11 is 6.48. The molecule has 36 heavy (non-hydrogen) atoms. The van der Waals surface area contributed by atoms with Crippen LogP contribution in [0.15, 0.2) is 85.5 Å². The minimum absolute atomic E-state index is 0.222. The second kappa shape index (κ2) is 10.8. The maximum Gasteiger partial charge on any atom is 0.141 e. The summed E-state index contributed by atoms with van der Waals surface area (Å²) in [4.78, 5) is 8.89. The summed E-state index contributed by atoms with van der Waals surface area (Å²) in [6.45, 7) is 2.04. The van der Waals surface area contributed by atoms with E-state index in [-0.39, 0.29) is 12.4 Å². The molecular formula is C28H25ClFN5O. The van der Waals surface area contributed by atoms with E-state index in [1.807, 2.05) is 19.2 Å². The van der Waals surface area contributed by atoms with Gasteiger partial charge in [-0.2, -0.15) is 0 Å². The van der Waals surface area contributed by atoms with Gasteiger partial charge in [-0.3, -0.25) is 0 Å². The Labute approximate surface area is 213 Å². The Morgan fingerprint density at radius 1 is 1.00 bits per heavy atom. The molecule has 0 saturated heterocycles. The maximum absolute atomic E-state index is 13.4. The topological polar surface area (TPSA) is 64.0 Å². The summed E-state index contributed by atoms with van der Waals surface area (Å²) in [7, 11) is 1.95. The van der Waals surface area contributed by atoms with Crippen molar-refractivity contribution in [2.24, 2.45) is 0 Å². The average molecular weight is 502 g/mol. The zero-order valence-electron chi connectivity index (χ0n) is 19.7. The van der Waals surface area contributed by atoms with Crippen LogP contribution in [0.1, 0.15) is 5.56 Å². The summed E-state index contributed by atoms with van der Waals surface area (Å²) in [5.74, 6) is 0.901. The van der Waals surface area contributed by atoms with Crippen LogP contribution in [0.25, 0.3) is 22.0 Å². The lowest BCUT2D eigenvalue weighted by molar-refractivity contribution is 0.306. The van der Waals surface area contributed by atoms with Crippen molar-refractivity contribution in [3.05, 3.63) is 102 Å². The van der Waals surface area contributed by atoms with Crippen LogP contribution >= 0.6 is 11.6 Å². The molecule has 2 aromatic heterocycles. The van der Waals surface area contributed by atoms with E-state index in [4.69, 9.17) is 16.3 Å². The van der Waals surface area contributed by atoms with Crippen LogP contribution in [0.4, 0.5) is 15.9 Å². The molecule has 8 heteroatoms. The quantitative estimate of drug-likeness (QED) is 0.243. The summed E-state index contributed by atoms with van der Waals surface area (Å²) < 4.78 is 21.4. The number of likely N-dealkylation sites (N-methyl/N-ethyl adjacent to an activating group) is 1. The highest BCUT2D eigenvalue weighted by Crippen LogP contribution is 2.32. The van der Waals surface area contributed by atoms with Crippen LogP contribution in [0, 0.1) is 5.82 Å². The third-order valence-corrected chi connectivity index (χ3v) is 6.11. The van der Waals surface area contributed by atoms with Crippen molar-refractivity contribution >= 4 is 34.0 Å². The Morgan fingerprint density at radius 3 is 2.75 bits per heavy atom. The number of anilines is 2. The van der Waals surface area contributed by atoms with Crippen LogP contribution in [0.3, 0.4) is 0 Å². The highest BCUT2D eigenvalue weighted by Gasteiger charge is 2.10. The zero-order valence-corrected chi connectivity index (χ0v) is 20.5. The molecule has 182 valence electrons. The molecule has 0 aliphatic carbocycles. The van der Waals surface area contributed by atoms with Crippen molar-refractivity contribution in [3.63, 3.8) is 0 Å². The molecule has 6 nitrogen and oxygen atoms in total. The number of nitrogens with one attached hydrogen (secondary N) is 2. The zero-order chi connectivity index (χ0) is 24.9. The first-order valence-corrected chi connectivity index (χ1v) is 12.0. The van der Waals surface area contributed by atoms with Gasteiger partial charge in [0.1, 0.15) is 30.3 Å². The molecule has 0 atom stereocenters. The van der Waals surface area contributed by atoms with Crippen LogP contribution in [0.5, 0.6) is 5.75 Å². The van der Waals surface area contributed by atoms with Gasteiger partial charge in [-0.15, -0.1) is 0 Å². The lowest BCUT2D eigenvalue weighted by Gasteiger charge is -2.12. The van der Waals surface area contributed by atoms with E-state index in [0.29, 0.717) is 16.6 Å². The number of rotatable bonds is 9. The Morgan fingerprint density at radius 2 is 1.92 bits per heavy atom. The third kappa shape index (κ3) is 5.48. The molecule has 3 aromatic carbocycles. The van der Waals surface area contributed by atoms with Crippen LogP contribution in [-0.2, 0) is 13.2 Å². The number of benzene rings is 3. The van der Waals surface area contributed by atoms with E-state index in [0.717, 1.165) is 46.4 Å². The predicted molar refractivity (Wildman–Crippen MR) is 142 cm³/mol. The van der Waals surface area contributed by atoms with Gasteiger partial charge in [-0.25, -0.2) is 14.4 Å². The third-order valence-electron chi connectivity index (χ3n) is 5.82. The largest absolute Gasteiger partial charge is 0.487 e. The van der Waals surface area contributed by atoms with Crippen molar-refractivity contribution < 1.29 is 9.13 Å². The first-order valence-electron chi connectivity index (χ1n) is 11.6. The molecule has 0 bridgehead atoms. The molecule has 0 radical (unpaired) electrons. The Hall–Kier alpha value is -3.94. The molecule has 2 heterocycles. The minimum Gasteiger partial charge on any atom is -0.487 e. The average Bonchev–Trinajstić information content (AvgIpc) is 3.36. The van der Waals surface area contributed by atoms with Gasteiger partial charge in [0.15, 0.2) is 0 Å². The van der Waals surface area contributed by atoms with Crippen LogP contribution in [-0.4, -0.2) is 28.1 Å². The molecule has 0 fully saturated rings. The lowest BCUT2D eigenvalue weighted by Crippen LogP contribution is -2.13. The van der Waals surface area contributed by atoms with Crippen LogP contribution in [0.2, 0.25) is 5.02 Å². The van der Waals surface area contributed by atoms with Gasteiger partial charge in [0, 0.05) is 36.6 Å². The standard InChI is InChI=1S/C28H25ClFN5O/c1-31-10-12-35-11-9-21(16-35)20-5-7-26-24(14-20)28(33-18-32-26)34-23-6-8-27(25(29)15-23)36-17-19-3-2-4-22(30)13-19/h2-9,11,13-16,18,31H,10,12,17H2,1H3,(H,32,33,34). The normalized spacial score (nSPS) is 11.1. The first-order chi connectivity index (χ1) is 17.6. The molecule has 2 N–H and O–H groups in total. The number of nitrogens with zero attached hydrogens (tertiary/aromatic N) is 3. The van der Waals surface area contributed by atoms with Crippen LogP contribution < -0.4 is 15.4 Å². The smallest absolute Gasteiger partial charge is 0.141 e. The molecule has 0 unspecified atom stereocenters. The van der Waals surface area contributed by atoms with E-state index in [1.165, 1.54) is 18.5 Å². The Balaban J connectivity index is 1.35. The predicted octanol–water partition coefficient (Wildman–Crippen LogP) is 6.43. The van der Waals surface area contributed by atoms with Crippen molar-refractivity contribution in [1.29, 1.82) is 0 Å². The molecule has 0 aliphatic heterocycles. The Bertz CT molecular complexity index is 1500. The highest BCUT2D eigenvalue weighted by molar-refractivity contribution is 6.32. The van der Waals surface area contributed by atoms with E-state index >= 15 is 0 Å². The number of hydrogen-bond acceptors (Lipinski definition) is 5. The van der Waals surface area contributed by atoms with Gasteiger partial charge >= 0.3 is 0 Å². The van der Waals surface area contributed by atoms with Gasteiger partial charge in [0.25, 0.3) is 0 Å².